The molecule has 0 aromatic carbocycles. The number of aliphatic hydroxyl groups is 1. The van der Waals surface area contributed by atoms with Crippen LogP contribution in [0.1, 0.15) is 32.4 Å². The molecule has 5 nitrogen and oxygen atoms in total. The number of nitrogens with zero attached hydrogens (tertiary/aromatic N) is 3. The second-order valence-corrected chi connectivity index (χ2v) is 5.80. The number of nitrogens with one attached hydrogen (secondary N) is 1. The van der Waals surface area contributed by atoms with Crippen LogP contribution in [-0.2, 0) is 6.54 Å². The van der Waals surface area contributed by atoms with Crippen molar-refractivity contribution in [3.63, 3.8) is 0 Å². The molecule has 1 aliphatic heterocycles. The van der Waals surface area contributed by atoms with Crippen LogP contribution in [0.25, 0.3) is 0 Å². The lowest BCUT2D eigenvalue weighted by Crippen LogP contribution is -2.42. The fourth-order valence-corrected chi connectivity index (χ4v) is 2.75. The summed E-state index contributed by atoms with van der Waals surface area (Å²) in [5, 5.41) is 18.5. The number of β-amino-alcohol motifs (C(OH)–C–C–N with tert-alkyl or cyclic N) is 1. The highest BCUT2D eigenvalue weighted by atomic mass is 32.1. The lowest BCUT2D eigenvalue weighted by molar-refractivity contribution is 0.0255. The van der Waals surface area contributed by atoms with Crippen molar-refractivity contribution < 1.29 is 5.11 Å². The number of hydrogen-bond donors (Lipinski definition) is 2. The number of aromatic nitrogens is 2. The lowest BCUT2D eigenvalue weighted by Gasteiger charge is -2.33. The van der Waals surface area contributed by atoms with Crippen molar-refractivity contribution in [2.75, 3.05) is 25.0 Å². The smallest absolute Gasteiger partial charge is 0.134 e. The van der Waals surface area contributed by atoms with E-state index >= 15 is 0 Å². The summed E-state index contributed by atoms with van der Waals surface area (Å²) in [7, 11) is 0. The first-order valence-corrected chi connectivity index (χ1v) is 7.43. The quantitative estimate of drug-likeness (QED) is 0.850. The van der Waals surface area contributed by atoms with E-state index in [0.29, 0.717) is 5.92 Å². The van der Waals surface area contributed by atoms with Crippen molar-refractivity contribution in [1.82, 2.24) is 14.5 Å². The first-order valence-electron chi connectivity index (χ1n) is 6.66. The molecule has 2 heterocycles. The summed E-state index contributed by atoms with van der Waals surface area (Å²) in [6.45, 7) is 7.77. The molecule has 0 saturated carbocycles. The summed E-state index contributed by atoms with van der Waals surface area (Å²) in [4.78, 5) is 2.26. The number of likely N-dealkylation sites (tertiary alicyclic amines) is 1. The van der Waals surface area contributed by atoms with Crippen LogP contribution in [0.15, 0.2) is 0 Å². The molecule has 2 atom stereocenters. The molecule has 1 saturated heterocycles. The molecule has 2 unspecified atom stereocenters. The van der Waals surface area contributed by atoms with Crippen LogP contribution in [0, 0.1) is 5.92 Å². The van der Waals surface area contributed by atoms with Gasteiger partial charge in [0, 0.05) is 31.2 Å². The van der Waals surface area contributed by atoms with E-state index in [1.165, 1.54) is 11.5 Å². The first-order chi connectivity index (χ1) is 8.70. The Morgan fingerprint density at radius 3 is 3.11 bits per heavy atom. The van der Waals surface area contributed by atoms with Gasteiger partial charge in [-0.3, -0.25) is 4.90 Å². The summed E-state index contributed by atoms with van der Waals surface area (Å²) >= 11 is 1.42. The predicted molar refractivity (Wildman–Crippen MR) is 73.8 cm³/mol. The normalized spacial score (nSPS) is 25.3. The van der Waals surface area contributed by atoms with E-state index in [1.807, 2.05) is 0 Å². The van der Waals surface area contributed by atoms with Gasteiger partial charge < -0.3 is 10.4 Å². The first kappa shape index (κ1) is 13.7. The number of rotatable bonds is 5. The van der Waals surface area contributed by atoms with E-state index in [4.69, 9.17) is 0 Å². The fourth-order valence-electron chi connectivity index (χ4n) is 2.15. The van der Waals surface area contributed by atoms with Gasteiger partial charge in [-0.15, -0.1) is 5.10 Å². The van der Waals surface area contributed by atoms with Crippen molar-refractivity contribution in [2.24, 2.45) is 5.92 Å². The van der Waals surface area contributed by atoms with Crippen molar-refractivity contribution in [3.05, 3.63) is 5.69 Å². The Morgan fingerprint density at radius 1 is 1.56 bits per heavy atom. The average molecular weight is 270 g/mol. The van der Waals surface area contributed by atoms with E-state index in [1.54, 1.807) is 0 Å². The molecule has 18 heavy (non-hydrogen) atoms. The summed E-state index contributed by atoms with van der Waals surface area (Å²) in [6, 6.07) is 0. The van der Waals surface area contributed by atoms with Crippen LogP contribution in [0.3, 0.4) is 0 Å². The molecule has 1 fully saturated rings. The molecule has 1 aromatic heterocycles. The van der Waals surface area contributed by atoms with Gasteiger partial charge in [-0.05, 0) is 25.3 Å². The van der Waals surface area contributed by atoms with Gasteiger partial charge in [-0.1, -0.05) is 18.3 Å². The zero-order valence-electron chi connectivity index (χ0n) is 11.1. The maximum absolute atomic E-state index is 9.90. The summed E-state index contributed by atoms with van der Waals surface area (Å²) in [5.41, 5.74) is 1.01. The van der Waals surface area contributed by atoms with Crippen LogP contribution in [0.5, 0.6) is 0 Å². The van der Waals surface area contributed by atoms with Gasteiger partial charge in [-0.2, -0.15) is 0 Å². The van der Waals surface area contributed by atoms with Gasteiger partial charge in [0.05, 0.1) is 6.10 Å². The lowest BCUT2D eigenvalue weighted by atomic mass is 9.96. The Bertz CT molecular complexity index is 371. The summed E-state index contributed by atoms with van der Waals surface area (Å²) in [5.74, 6) is 0.410. The molecule has 2 N–H and O–H groups in total. The predicted octanol–water partition coefficient (Wildman–Crippen LogP) is 1.56. The van der Waals surface area contributed by atoms with Crippen LogP contribution < -0.4 is 5.32 Å². The van der Waals surface area contributed by atoms with Crippen LogP contribution in [0.4, 0.5) is 5.00 Å². The van der Waals surface area contributed by atoms with Crippen LogP contribution in [0.2, 0.25) is 0 Å². The number of hydrogen-bond acceptors (Lipinski definition) is 6. The largest absolute Gasteiger partial charge is 0.392 e. The SMILES string of the molecule is CCCNc1snnc1CN1CCC(C)C(O)C1. The Labute approximate surface area is 112 Å². The van der Waals surface area contributed by atoms with E-state index in [9.17, 15) is 5.11 Å². The van der Waals surface area contributed by atoms with Gasteiger partial charge in [0.1, 0.15) is 10.7 Å². The molecule has 0 aliphatic carbocycles. The molecule has 0 spiro atoms. The molecule has 0 radical (unpaired) electrons. The molecular formula is C12H22N4OS. The van der Waals surface area contributed by atoms with Crippen molar-refractivity contribution in [3.8, 4) is 0 Å². The summed E-state index contributed by atoms with van der Waals surface area (Å²) < 4.78 is 4.01. The molecule has 2 rings (SSSR count). The van der Waals surface area contributed by atoms with Gasteiger partial charge >= 0.3 is 0 Å². The number of piperidine rings is 1. The highest BCUT2D eigenvalue weighted by Crippen LogP contribution is 2.23. The third kappa shape index (κ3) is 3.40. The highest BCUT2D eigenvalue weighted by molar-refractivity contribution is 7.10. The highest BCUT2D eigenvalue weighted by Gasteiger charge is 2.25. The molecule has 0 bridgehead atoms. The summed E-state index contributed by atoms with van der Waals surface area (Å²) in [6.07, 6.45) is 1.94. The van der Waals surface area contributed by atoms with Gasteiger partial charge in [0.15, 0.2) is 0 Å². The molecule has 1 aromatic rings. The topological polar surface area (TPSA) is 61.3 Å². The zero-order valence-corrected chi connectivity index (χ0v) is 11.9. The molecule has 102 valence electrons. The van der Waals surface area contributed by atoms with Crippen molar-refractivity contribution in [2.45, 2.75) is 39.3 Å². The molecular weight excluding hydrogens is 248 g/mol. The number of anilines is 1. The van der Waals surface area contributed by atoms with Crippen molar-refractivity contribution in [1.29, 1.82) is 0 Å². The second kappa shape index (κ2) is 6.45. The van der Waals surface area contributed by atoms with E-state index in [-0.39, 0.29) is 6.10 Å². The third-order valence-corrected chi connectivity index (χ3v) is 4.19. The fraction of sp³-hybridized carbons (Fsp3) is 0.833. The minimum atomic E-state index is -0.211. The van der Waals surface area contributed by atoms with Crippen LogP contribution >= 0.6 is 11.5 Å². The van der Waals surface area contributed by atoms with E-state index < -0.39 is 0 Å². The van der Waals surface area contributed by atoms with Crippen LogP contribution in [-0.4, -0.2) is 45.3 Å². The monoisotopic (exact) mass is 270 g/mol. The number of aliphatic hydroxyl groups excluding tert-OH is 1. The van der Waals surface area contributed by atoms with Gasteiger partial charge in [-0.25, -0.2) is 0 Å². The Morgan fingerprint density at radius 2 is 2.39 bits per heavy atom. The molecule has 6 heteroatoms. The maximum Gasteiger partial charge on any atom is 0.134 e. The Balaban J connectivity index is 1.91. The Hall–Kier alpha value is -0.720. The maximum atomic E-state index is 9.90. The van der Waals surface area contributed by atoms with Gasteiger partial charge in [0.25, 0.3) is 0 Å². The molecule has 1 aliphatic rings. The molecule has 0 amide bonds. The average Bonchev–Trinajstić information content (AvgIpc) is 2.79. The van der Waals surface area contributed by atoms with E-state index in [0.717, 1.165) is 49.7 Å². The minimum absolute atomic E-state index is 0.211. The third-order valence-electron chi connectivity index (χ3n) is 3.47. The van der Waals surface area contributed by atoms with E-state index in [2.05, 4.69) is 33.7 Å². The van der Waals surface area contributed by atoms with Gasteiger partial charge in [0.2, 0.25) is 0 Å². The standard InChI is InChI=1S/C12H22N4OS/c1-3-5-13-12-10(14-15-18-12)7-16-6-4-9(2)11(17)8-16/h9,11,13,17H,3-8H2,1-2H3. The minimum Gasteiger partial charge on any atom is -0.392 e. The zero-order chi connectivity index (χ0) is 13.0. The van der Waals surface area contributed by atoms with Crippen molar-refractivity contribution >= 4 is 16.5 Å². The second-order valence-electron chi connectivity index (χ2n) is 5.04. The Kier molecular flexibility index (Phi) is 4.91.